The quantitative estimate of drug-likeness (QED) is 0.125. The van der Waals surface area contributed by atoms with E-state index < -0.39 is 18.4 Å². The van der Waals surface area contributed by atoms with Crippen molar-refractivity contribution in [3.8, 4) is 11.5 Å². The summed E-state index contributed by atoms with van der Waals surface area (Å²) in [4.78, 5) is 12.2. The van der Waals surface area contributed by atoms with Crippen LogP contribution in [-0.4, -0.2) is 18.9 Å². The molecule has 4 aromatic rings. The molecule has 0 amide bonds. The molecule has 6 nitrogen and oxygen atoms in total. The molecule has 1 aliphatic carbocycles. The predicted octanol–water partition coefficient (Wildman–Crippen LogP) is 7.22. The van der Waals surface area contributed by atoms with Crippen LogP contribution in [-0.2, 0) is 16.0 Å². The number of nitrogens with two attached hydrogens (primary N) is 2. The Hall–Kier alpha value is -5.18. The van der Waals surface area contributed by atoms with E-state index in [-0.39, 0.29) is 12.4 Å². The van der Waals surface area contributed by atoms with Crippen molar-refractivity contribution >= 4 is 35.1 Å². The molecule has 0 heterocycles. The third kappa shape index (κ3) is 7.11. The van der Waals surface area contributed by atoms with Crippen molar-refractivity contribution < 1.29 is 32.2 Å². The topological polar surface area (TPSA) is 96.8 Å². The van der Waals surface area contributed by atoms with Crippen LogP contribution in [0.5, 0.6) is 11.5 Å². The fourth-order valence-electron chi connectivity index (χ4n) is 4.61. The number of benzene rings is 4. The van der Waals surface area contributed by atoms with E-state index in [4.69, 9.17) is 20.9 Å². The number of carbonyl (C=O) groups excluding carboxylic acids is 1. The lowest BCUT2D eigenvalue weighted by Crippen LogP contribution is -2.17. The van der Waals surface area contributed by atoms with E-state index in [2.05, 4.69) is 4.74 Å². The number of anilines is 2. The molecule has 0 bridgehead atoms. The summed E-state index contributed by atoms with van der Waals surface area (Å²) in [6, 6.07) is 25.8. The zero-order chi connectivity index (χ0) is 29.7. The van der Waals surface area contributed by atoms with E-state index in [0.717, 1.165) is 27.8 Å². The number of ether oxygens (including phenoxy) is 3. The Morgan fingerprint density at radius 3 is 2.33 bits per heavy atom. The van der Waals surface area contributed by atoms with Crippen molar-refractivity contribution in [3.05, 3.63) is 125 Å². The molecule has 1 unspecified atom stereocenters. The Balaban J connectivity index is 1.22. The highest BCUT2D eigenvalue weighted by molar-refractivity contribution is 5.91. The summed E-state index contributed by atoms with van der Waals surface area (Å²) in [6.45, 7) is 0.167. The van der Waals surface area contributed by atoms with Crippen molar-refractivity contribution in [2.45, 2.75) is 18.9 Å². The molecule has 4 aromatic carbocycles. The van der Waals surface area contributed by atoms with Gasteiger partial charge in [-0.2, -0.15) is 0 Å². The first-order chi connectivity index (χ1) is 20.1. The maximum atomic E-state index is 12.6. The molecule has 0 radical (unpaired) electrons. The minimum Gasteiger partial charge on any atom is -0.481 e. The molecule has 1 aliphatic rings. The van der Waals surface area contributed by atoms with E-state index in [9.17, 15) is 18.0 Å². The van der Waals surface area contributed by atoms with E-state index in [1.807, 2.05) is 30.3 Å². The van der Waals surface area contributed by atoms with E-state index in [0.29, 0.717) is 29.1 Å². The number of halogens is 3. The van der Waals surface area contributed by atoms with Gasteiger partial charge in [0.25, 0.3) is 0 Å². The third-order valence-electron chi connectivity index (χ3n) is 6.62. The summed E-state index contributed by atoms with van der Waals surface area (Å²) in [5.41, 5.74) is 17.9. The first kappa shape index (κ1) is 28.4. The summed E-state index contributed by atoms with van der Waals surface area (Å²) < 4.78 is 53.4. The van der Waals surface area contributed by atoms with E-state index in [1.165, 1.54) is 18.2 Å². The summed E-state index contributed by atoms with van der Waals surface area (Å²) in [6.07, 6.45) is 0.171. The Labute approximate surface area is 240 Å². The largest absolute Gasteiger partial charge is 0.573 e. The predicted molar refractivity (Wildman–Crippen MR) is 156 cm³/mol. The van der Waals surface area contributed by atoms with E-state index >= 15 is 0 Å². The number of hydrogen-bond acceptors (Lipinski definition) is 6. The first-order valence-electron chi connectivity index (χ1n) is 13.1. The van der Waals surface area contributed by atoms with Gasteiger partial charge < -0.3 is 25.7 Å². The van der Waals surface area contributed by atoms with Crippen LogP contribution in [0.25, 0.3) is 17.7 Å². The van der Waals surface area contributed by atoms with Gasteiger partial charge in [0.05, 0.1) is 6.61 Å². The highest BCUT2D eigenvalue weighted by atomic mass is 19.4. The lowest BCUT2D eigenvalue weighted by atomic mass is 10.0. The van der Waals surface area contributed by atoms with Gasteiger partial charge >= 0.3 is 12.3 Å². The molecule has 0 aromatic heterocycles. The van der Waals surface area contributed by atoms with Crippen molar-refractivity contribution in [2.75, 3.05) is 18.1 Å². The van der Waals surface area contributed by atoms with Crippen LogP contribution in [0.15, 0.2) is 97.1 Å². The van der Waals surface area contributed by atoms with Gasteiger partial charge in [-0.3, -0.25) is 0 Å². The second-order valence-corrected chi connectivity index (χ2v) is 9.58. The van der Waals surface area contributed by atoms with Crippen molar-refractivity contribution in [3.63, 3.8) is 0 Å². The molecule has 0 fully saturated rings. The average molecular weight is 573 g/mol. The molecule has 0 spiro atoms. The maximum absolute atomic E-state index is 12.6. The minimum absolute atomic E-state index is 0.167. The zero-order valence-electron chi connectivity index (χ0n) is 22.3. The Morgan fingerprint density at radius 2 is 1.60 bits per heavy atom. The maximum Gasteiger partial charge on any atom is 0.573 e. The van der Waals surface area contributed by atoms with Gasteiger partial charge in [0.2, 0.25) is 0 Å². The molecule has 4 N–H and O–H groups in total. The minimum atomic E-state index is -4.76. The Morgan fingerprint density at radius 1 is 0.881 bits per heavy atom. The normalized spacial score (nSPS) is 14.4. The zero-order valence-corrected chi connectivity index (χ0v) is 22.3. The van der Waals surface area contributed by atoms with Crippen LogP contribution in [0.3, 0.4) is 0 Å². The van der Waals surface area contributed by atoms with Gasteiger partial charge in [0.1, 0.15) is 11.5 Å². The molecule has 9 heteroatoms. The molecule has 0 saturated carbocycles. The summed E-state index contributed by atoms with van der Waals surface area (Å²) in [5.74, 6) is -0.195. The second-order valence-electron chi connectivity index (χ2n) is 9.58. The summed E-state index contributed by atoms with van der Waals surface area (Å²) in [5, 5.41) is 0. The van der Waals surface area contributed by atoms with Gasteiger partial charge in [0, 0.05) is 35.0 Å². The van der Waals surface area contributed by atoms with Gasteiger partial charge in [-0.25, -0.2) is 4.79 Å². The fraction of sp³-hybridized carbons (Fsp3) is 0.121. The van der Waals surface area contributed by atoms with Crippen LogP contribution in [0.2, 0.25) is 0 Å². The van der Waals surface area contributed by atoms with Crippen LogP contribution >= 0.6 is 0 Å². The molecule has 214 valence electrons. The van der Waals surface area contributed by atoms with Crippen molar-refractivity contribution in [1.29, 1.82) is 0 Å². The molecule has 42 heavy (non-hydrogen) atoms. The number of carbonyl (C=O) groups is 1. The van der Waals surface area contributed by atoms with Crippen LogP contribution < -0.4 is 20.9 Å². The highest BCUT2D eigenvalue weighted by Crippen LogP contribution is 2.43. The number of esters is 1. The number of nitrogen functional groups attached to an aromatic ring is 2. The molecular weight excluding hydrogens is 545 g/mol. The fourth-order valence-corrected chi connectivity index (χ4v) is 4.61. The van der Waals surface area contributed by atoms with E-state index in [1.54, 1.807) is 60.7 Å². The lowest BCUT2D eigenvalue weighted by Gasteiger charge is -2.20. The molecule has 5 rings (SSSR count). The smallest absolute Gasteiger partial charge is 0.481 e. The molecular formula is C33H27F3N2O4. The van der Waals surface area contributed by atoms with Crippen molar-refractivity contribution in [1.82, 2.24) is 0 Å². The Bertz CT molecular complexity index is 1630. The first-order valence-corrected chi connectivity index (χ1v) is 13.1. The number of rotatable bonds is 9. The summed E-state index contributed by atoms with van der Waals surface area (Å²) >= 11 is 0. The number of alkyl halides is 3. The summed E-state index contributed by atoms with van der Waals surface area (Å²) in [7, 11) is 0. The monoisotopic (exact) mass is 572 g/mol. The lowest BCUT2D eigenvalue weighted by molar-refractivity contribution is -0.274. The molecule has 0 aliphatic heterocycles. The highest BCUT2D eigenvalue weighted by Gasteiger charge is 2.32. The van der Waals surface area contributed by atoms with Crippen LogP contribution in [0.1, 0.15) is 33.9 Å². The number of fused-ring (bicyclic) bond motifs is 1. The van der Waals surface area contributed by atoms with Gasteiger partial charge in [-0.15, -0.1) is 13.2 Å². The Kier molecular flexibility index (Phi) is 8.19. The second kappa shape index (κ2) is 12.1. The van der Waals surface area contributed by atoms with Gasteiger partial charge in [-0.1, -0.05) is 48.5 Å². The van der Waals surface area contributed by atoms with Gasteiger partial charge in [-0.05, 0) is 76.9 Å². The number of hydrogen-bond donors (Lipinski definition) is 2. The van der Waals surface area contributed by atoms with Crippen LogP contribution in [0.4, 0.5) is 24.5 Å². The molecule has 0 saturated heterocycles. The van der Waals surface area contributed by atoms with Gasteiger partial charge in [0.15, 0.2) is 6.10 Å². The standard InChI is InChI=1S/C33H27F3N2O4/c34-33(35,36)42-27-13-8-22(9-14-27)29-20-23-3-1-2-4-28(23)32(29)41-26-11-5-21(6-12-26)7-16-31(39)40-18-17-24-19-25(37)10-15-30(24)38/h1-16,19-20,32H,17-18,37-38H2/b16-7+. The average Bonchev–Trinajstić information content (AvgIpc) is 3.32. The third-order valence-corrected chi connectivity index (χ3v) is 6.62. The molecule has 1 atom stereocenters. The SMILES string of the molecule is Nc1ccc(N)c(CCOC(=O)/C=C/c2ccc(OC3C(c4ccc(OC(F)(F)F)cc4)=Cc4ccccc43)cc2)c1. The van der Waals surface area contributed by atoms with Crippen LogP contribution in [0, 0.1) is 0 Å². The van der Waals surface area contributed by atoms with Crippen molar-refractivity contribution in [2.24, 2.45) is 0 Å².